The molecule has 0 aliphatic heterocycles. The van der Waals surface area contributed by atoms with E-state index in [2.05, 4.69) is 38.8 Å². The second-order valence-corrected chi connectivity index (χ2v) is 4.28. The van der Waals surface area contributed by atoms with Crippen LogP contribution in [-0.4, -0.2) is 9.78 Å². The van der Waals surface area contributed by atoms with Gasteiger partial charge in [-0.3, -0.25) is 4.68 Å². The Morgan fingerprint density at radius 2 is 2.36 bits per heavy atom. The lowest BCUT2D eigenvalue weighted by Crippen LogP contribution is -2.24. The molecule has 1 aliphatic carbocycles. The third kappa shape index (κ3) is 1.34. The molecule has 0 atom stereocenters. The quantitative estimate of drug-likeness (QED) is 0.704. The van der Waals surface area contributed by atoms with Crippen molar-refractivity contribution in [2.24, 2.45) is 5.92 Å². The first-order valence-corrected chi connectivity index (χ1v) is 4.74. The van der Waals surface area contributed by atoms with Gasteiger partial charge in [0.15, 0.2) is 0 Å². The maximum Gasteiger partial charge on any atom is 0.0632 e. The fourth-order valence-corrected chi connectivity index (χ4v) is 1.89. The average Bonchev–Trinajstić information content (AvgIpc) is 2.29. The molecule has 1 saturated carbocycles. The molecule has 1 aliphatic rings. The van der Waals surface area contributed by atoms with E-state index in [0.29, 0.717) is 6.04 Å². The van der Waals surface area contributed by atoms with E-state index in [1.807, 2.05) is 6.20 Å². The predicted octanol–water partition coefficient (Wildman–Crippen LogP) is 2.62. The Kier molecular flexibility index (Phi) is 1.75. The van der Waals surface area contributed by atoms with Crippen LogP contribution in [0.25, 0.3) is 0 Å². The van der Waals surface area contributed by atoms with E-state index in [0.717, 1.165) is 10.4 Å². The van der Waals surface area contributed by atoms with Crippen LogP contribution in [0.1, 0.15) is 25.8 Å². The molecule has 0 bridgehead atoms. The van der Waals surface area contributed by atoms with E-state index in [1.54, 1.807) is 0 Å². The molecular weight excluding hydrogens is 204 g/mol. The number of aromatic nitrogens is 2. The van der Waals surface area contributed by atoms with Gasteiger partial charge < -0.3 is 0 Å². The Labute approximate surface area is 74.7 Å². The van der Waals surface area contributed by atoms with Crippen LogP contribution in [0, 0.1) is 5.92 Å². The molecule has 2 nitrogen and oxygen atoms in total. The highest BCUT2D eigenvalue weighted by Gasteiger charge is 2.27. The van der Waals surface area contributed by atoms with Crippen LogP contribution in [0.3, 0.4) is 0 Å². The number of nitrogens with zero attached hydrogens (tertiary/aromatic N) is 2. The molecule has 1 heterocycles. The Morgan fingerprint density at radius 1 is 1.64 bits per heavy atom. The van der Waals surface area contributed by atoms with Gasteiger partial charge in [0.05, 0.1) is 16.7 Å². The summed E-state index contributed by atoms with van der Waals surface area (Å²) in [5.41, 5.74) is 0. The molecule has 1 aromatic rings. The first kappa shape index (κ1) is 7.35. The van der Waals surface area contributed by atoms with E-state index in [-0.39, 0.29) is 0 Å². The molecule has 3 heteroatoms. The van der Waals surface area contributed by atoms with E-state index in [4.69, 9.17) is 0 Å². The van der Waals surface area contributed by atoms with Crippen LogP contribution < -0.4 is 0 Å². The van der Waals surface area contributed by atoms with Gasteiger partial charge in [-0.15, -0.1) is 0 Å². The number of rotatable bonds is 1. The molecular formula is C8H11BrN2. The van der Waals surface area contributed by atoms with Gasteiger partial charge in [-0.1, -0.05) is 6.92 Å². The minimum atomic E-state index is 0.663. The van der Waals surface area contributed by atoms with E-state index in [1.165, 1.54) is 12.8 Å². The highest BCUT2D eigenvalue weighted by molar-refractivity contribution is 9.10. The molecule has 0 amide bonds. The summed E-state index contributed by atoms with van der Waals surface area (Å²) >= 11 is 3.39. The summed E-state index contributed by atoms with van der Waals surface area (Å²) < 4.78 is 3.14. The molecule has 1 fully saturated rings. The number of halogens is 1. The minimum absolute atomic E-state index is 0.663. The van der Waals surface area contributed by atoms with Crippen molar-refractivity contribution >= 4 is 15.9 Å². The van der Waals surface area contributed by atoms with Gasteiger partial charge in [-0.25, -0.2) is 0 Å². The number of hydrogen-bond acceptors (Lipinski definition) is 1. The average molecular weight is 215 g/mol. The predicted molar refractivity (Wildman–Crippen MR) is 47.4 cm³/mol. The van der Waals surface area contributed by atoms with Crippen LogP contribution >= 0.6 is 15.9 Å². The van der Waals surface area contributed by atoms with Crippen molar-refractivity contribution in [3.63, 3.8) is 0 Å². The highest BCUT2D eigenvalue weighted by Crippen LogP contribution is 2.36. The normalized spacial score (nSPS) is 30.0. The van der Waals surface area contributed by atoms with Gasteiger partial charge in [0.2, 0.25) is 0 Å². The smallest absolute Gasteiger partial charge is 0.0632 e. The highest BCUT2D eigenvalue weighted by atomic mass is 79.9. The largest absolute Gasteiger partial charge is 0.269 e. The summed E-state index contributed by atoms with van der Waals surface area (Å²) in [6, 6.07) is 0.663. The molecule has 2 rings (SSSR count). The topological polar surface area (TPSA) is 17.8 Å². The van der Waals surface area contributed by atoms with E-state index in [9.17, 15) is 0 Å². The molecule has 0 radical (unpaired) electrons. The van der Waals surface area contributed by atoms with Crippen LogP contribution in [0.5, 0.6) is 0 Å². The standard InChI is InChI=1S/C8H11BrN2/c1-6-2-8(3-6)11-5-7(9)4-10-11/h4-6,8H,2-3H2,1H3. The third-order valence-electron chi connectivity index (χ3n) is 2.29. The van der Waals surface area contributed by atoms with Gasteiger partial charge in [0, 0.05) is 6.20 Å². The van der Waals surface area contributed by atoms with Gasteiger partial charge in [-0.2, -0.15) is 5.10 Å². The Hall–Kier alpha value is -0.310. The third-order valence-corrected chi connectivity index (χ3v) is 2.70. The second-order valence-electron chi connectivity index (χ2n) is 3.37. The lowest BCUT2D eigenvalue weighted by molar-refractivity contribution is 0.200. The lowest BCUT2D eigenvalue weighted by atomic mass is 9.82. The van der Waals surface area contributed by atoms with Crippen molar-refractivity contribution in [3.05, 3.63) is 16.9 Å². The summed E-state index contributed by atoms with van der Waals surface area (Å²) in [5.74, 6) is 0.892. The van der Waals surface area contributed by atoms with Crippen molar-refractivity contribution in [2.75, 3.05) is 0 Å². The van der Waals surface area contributed by atoms with Crippen LogP contribution in [0.15, 0.2) is 16.9 Å². The van der Waals surface area contributed by atoms with Crippen molar-refractivity contribution in [1.82, 2.24) is 9.78 Å². The van der Waals surface area contributed by atoms with Crippen molar-refractivity contribution < 1.29 is 0 Å². The molecule has 0 unspecified atom stereocenters. The molecule has 0 spiro atoms. The number of hydrogen-bond donors (Lipinski definition) is 0. The SMILES string of the molecule is CC1CC(n2cc(Br)cn2)C1. The Morgan fingerprint density at radius 3 is 2.82 bits per heavy atom. The molecule has 0 aromatic carbocycles. The van der Waals surface area contributed by atoms with Gasteiger partial charge in [0.1, 0.15) is 0 Å². The van der Waals surface area contributed by atoms with Gasteiger partial charge >= 0.3 is 0 Å². The fourth-order valence-electron chi connectivity index (χ4n) is 1.59. The Bertz CT molecular complexity index is 250. The van der Waals surface area contributed by atoms with Crippen molar-refractivity contribution in [3.8, 4) is 0 Å². The second kappa shape index (κ2) is 2.63. The van der Waals surface area contributed by atoms with E-state index >= 15 is 0 Å². The summed E-state index contributed by atoms with van der Waals surface area (Å²) in [6.07, 6.45) is 6.47. The monoisotopic (exact) mass is 214 g/mol. The van der Waals surface area contributed by atoms with E-state index < -0.39 is 0 Å². The van der Waals surface area contributed by atoms with Gasteiger partial charge in [0.25, 0.3) is 0 Å². The molecule has 0 N–H and O–H groups in total. The zero-order valence-corrected chi connectivity index (χ0v) is 8.08. The fraction of sp³-hybridized carbons (Fsp3) is 0.625. The molecule has 60 valence electrons. The summed E-state index contributed by atoms with van der Waals surface area (Å²) in [7, 11) is 0. The first-order valence-electron chi connectivity index (χ1n) is 3.95. The lowest BCUT2D eigenvalue weighted by Gasteiger charge is -2.32. The molecule has 11 heavy (non-hydrogen) atoms. The van der Waals surface area contributed by atoms with Crippen molar-refractivity contribution in [1.29, 1.82) is 0 Å². The van der Waals surface area contributed by atoms with Crippen LogP contribution in [-0.2, 0) is 0 Å². The van der Waals surface area contributed by atoms with Crippen LogP contribution in [0.2, 0.25) is 0 Å². The zero-order valence-electron chi connectivity index (χ0n) is 6.50. The summed E-state index contributed by atoms with van der Waals surface area (Å²) in [5, 5.41) is 4.24. The molecule has 1 aromatic heterocycles. The Balaban J connectivity index is 2.07. The summed E-state index contributed by atoms with van der Waals surface area (Å²) in [6.45, 7) is 2.29. The van der Waals surface area contributed by atoms with Crippen molar-refractivity contribution in [2.45, 2.75) is 25.8 Å². The molecule has 0 saturated heterocycles. The maximum atomic E-state index is 4.24. The minimum Gasteiger partial charge on any atom is -0.269 e. The first-order chi connectivity index (χ1) is 5.25. The maximum absolute atomic E-state index is 4.24. The zero-order chi connectivity index (χ0) is 7.84. The van der Waals surface area contributed by atoms with Crippen LogP contribution in [0.4, 0.5) is 0 Å². The summed E-state index contributed by atoms with van der Waals surface area (Å²) in [4.78, 5) is 0. The van der Waals surface area contributed by atoms with Gasteiger partial charge in [-0.05, 0) is 34.7 Å².